The molecular formula is C10H17N. The van der Waals surface area contributed by atoms with Crippen LogP contribution in [0.4, 0.5) is 0 Å². The maximum absolute atomic E-state index is 6.34. The highest BCUT2D eigenvalue weighted by molar-refractivity contribution is 5.17. The van der Waals surface area contributed by atoms with E-state index in [9.17, 15) is 0 Å². The number of nitrogens with two attached hydrogens (primary N) is 1. The van der Waals surface area contributed by atoms with Gasteiger partial charge in [0, 0.05) is 5.54 Å². The van der Waals surface area contributed by atoms with Crippen molar-refractivity contribution in [2.45, 2.75) is 44.1 Å². The van der Waals surface area contributed by atoms with E-state index in [1.807, 2.05) is 0 Å². The van der Waals surface area contributed by atoms with Gasteiger partial charge >= 0.3 is 0 Å². The zero-order valence-electron chi connectivity index (χ0n) is 7.05. The fraction of sp³-hybridized carbons (Fsp3) is 1.00. The molecule has 0 spiro atoms. The molecule has 62 valence electrons. The molecule has 3 saturated carbocycles. The van der Waals surface area contributed by atoms with Crippen molar-refractivity contribution in [3.8, 4) is 0 Å². The van der Waals surface area contributed by atoms with Crippen LogP contribution in [-0.4, -0.2) is 5.54 Å². The van der Waals surface area contributed by atoms with Gasteiger partial charge in [-0.05, 0) is 49.9 Å². The lowest BCUT2D eigenvalue weighted by atomic mass is 9.77. The van der Waals surface area contributed by atoms with Crippen LogP contribution in [-0.2, 0) is 0 Å². The molecule has 0 saturated heterocycles. The Morgan fingerprint density at radius 3 is 2.27 bits per heavy atom. The fourth-order valence-corrected chi connectivity index (χ4v) is 2.84. The zero-order valence-corrected chi connectivity index (χ0v) is 7.05. The molecule has 0 amide bonds. The third-order valence-corrected chi connectivity index (χ3v) is 4.16. The van der Waals surface area contributed by atoms with E-state index in [1.54, 1.807) is 0 Å². The molecule has 1 heteroatoms. The van der Waals surface area contributed by atoms with E-state index in [2.05, 4.69) is 0 Å². The summed E-state index contributed by atoms with van der Waals surface area (Å²) in [6, 6.07) is 0. The maximum atomic E-state index is 6.34. The van der Waals surface area contributed by atoms with Crippen molar-refractivity contribution in [3.63, 3.8) is 0 Å². The molecular weight excluding hydrogens is 134 g/mol. The summed E-state index contributed by atoms with van der Waals surface area (Å²) in [5, 5.41) is 0. The largest absolute Gasteiger partial charge is 0.325 e. The standard InChI is InChI=1S/C10H17N/c11-10(8-2-1-3-8)6-9(10)7-4-5-7/h7-9H,1-6,11H2. The molecule has 0 radical (unpaired) electrons. The monoisotopic (exact) mass is 151 g/mol. The quantitative estimate of drug-likeness (QED) is 0.641. The zero-order chi connectivity index (χ0) is 7.47. The number of hydrogen-bond acceptors (Lipinski definition) is 1. The predicted molar refractivity (Wildman–Crippen MR) is 45.1 cm³/mol. The normalized spacial score (nSPS) is 50.5. The molecule has 2 N–H and O–H groups in total. The van der Waals surface area contributed by atoms with Crippen LogP contribution in [0, 0.1) is 17.8 Å². The predicted octanol–water partition coefficient (Wildman–Crippen LogP) is 1.91. The third-order valence-electron chi connectivity index (χ3n) is 4.16. The second-order valence-electron chi connectivity index (χ2n) is 4.89. The minimum Gasteiger partial charge on any atom is -0.325 e. The molecule has 2 unspecified atom stereocenters. The molecule has 3 aliphatic carbocycles. The Morgan fingerprint density at radius 2 is 1.82 bits per heavy atom. The van der Waals surface area contributed by atoms with E-state index in [1.165, 1.54) is 38.5 Å². The second-order valence-corrected chi connectivity index (χ2v) is 4.89. The minimum atomic E-state index is 0.347. The summed E-state index contributed by atoms with van der Waals surface area (Å²) < 4.78 is 0. The smallest absolute Gasteiger partial charge is 0.0218 e. The number of rotatable bonds is 2. The topological polar surface area (TPSA) is 26.0 Å². The molecule has 3 aliphatic rings. The van der Waals surface area contributed by atoms with Crippen molar-refractivity contribution >= 4 is 0 Å². The summed E-state index contributed by atoms with van der Waals surface area (Å²) >= 11 is 0. The van der Waals surface area contributed by atoms with Crippen molar-refractivity contribution in [2.24, 2.45) is 23.5 Å². The summed E-state index contributed by atoms with van der Waals surface area (Å²) in [7, 11) is 0. The first-order valence-corrected chi connectivity index (χ1v) is 5.09. The van der Waals surface area contributed by atoms with E-state index in [4.69, 9.17) is 5.73 Å². The van der Waals surface area contributed by atoms with Crippen molar-refractivity contribution in [2.75, 3.05) is 0 Å². The fourth-order valence-electron chi connectivity index (χ4n) is 2.84. The summed E-state index contributed by atoms with van der Waals surface area (Å²) in [6.45, 7) is 0. The van der Waals surface area contributed by atoms with Gasteiger partial charge in [-0.15, -0.1) is 0 Å². The first-order chi connectivity index (χ1) is 5.31. The van der Waals surface area contributed by atoms with Crippen LogP contribution >= 0.6 is 0 Å². The van der Waals surface area contributed by atoms with Crippen molar-refractivity contribution in [1.29, 1.82) is 0 Å². The highest BCUT2D eigenvalue weighted by atomic mass is 14.9. The van der Waals surface area contributed by atoms with Crippen molar-refractivity contribution < 1.29 is 0 Å². The lowest BCUT2D eigenvalue weighted by Gasteiger charge is -2.32. The van der Waals surface area contributed by atoms with Crippen LogP contribution in [0.3, 0.4) is 0 Å². The lowest BCUT2D eigenvalue weighted by Crippen LogP contribution is -2.39. The Hall–Kier alpha value is -0.0400. The maximum Gasteiger partial charge on any atom is 0.0218 e. The summed E-state index contributed by atoms with van der Waals surface area (Å²) in [6.07, 6.45) is 8.63. The molecule has 0 aliphatic heterocycles. The second kappa shape index (κ2) is 1.82. The van der Waals surface area contributed by atoms with E-state index < -0.39 is 0 Å². The average Bonchev–Trinajstić information content (AvgIpc) is 2.56. The molecule has 0 aromatic heterocycles. The molecule has 3 rings (SSSR count). The molecule has 0 aromatic carbocycles. The summed E-state index contributed by atoms with van der Waals surface area (Å²) in [5.74, 6) is 2.93. The van der Waals surface area contributed by atoms with Crippen LogP contribution in [0.15, 0.2) is 0 Å². The Bertz CT molecular complexity index is 181. The summed E-state index contributed by atoms with van der Waals surface area (Å²) in [4.78, 5) is 0. The molecule has 1 nitrogen and oxygen atoms in total. The van der Waals surface area contributed by atoms with Gasteiger partial charge in [0.1, 0.15) is 0 Å². The highest BCUT2D eigenvalue weighted by Gasteiger charge is 2.61. The lowest BCUT2D eigenvalue weighted by molar-refractivity contribution is 0.229. The molecule has 0 aromatic rings. The minimum absolute atomic E-state index is 0.347. The highest BCUT2D eigenvalue weighted by Crippen LogP contribution is 2.61. The van der Waals surface area contributed by atoms with Crippen LogP contribution in [0.1, 0.15) is 38.5 Å². The van der Waals surface area contributed by atoms with Crippen molar-refractivity contribution in [1.82, 2.24) is 0 Å². The Labute approximate surface area is 68.3 Å². The molecule has 0 bridgehead atoms. The Morgan fingerprint density at radius 1 is 1.09 bits per heavy atom. The van der Waals surface area contributed by atoms with Crippen LogP contribution in [0.5, 0.6) is 0 Å². The third kappa shape index (κ3) is 0.807. The van der Waals surface area contributed by atoms with Gasteiger partial charge in [-0.25, -0.2) is 0 Å². The van der Waals surface area contributed by atoms with Crippen LogP contribution < -0.4 is 5.73 Å². The van der Waals surface area contributed by atoms with Gasteiger partial charge in [0.05, 0.1) is 0 Å². The molecule has 11 heavy (non-hydrogen) atoms. The van der Waals surface area contributed by atoms with Gasteiger partial charge in [-0.1, -0.05) is 6.42 Å². The van der Waals surface area contributed by atoms with Gasteiger partial charge in [0.15, 0.2) is 0 Å². The van der Waals surface area contributed by atoms with E-state index in [0.717, 1.165) is 17.8 Å². The number of hydrogen-bond donors (Lipinski definition) is 1. The van der Waals surface area contributed by atoms with Gasteiger partial charge in [-0.2, -0.15) is 0 Å². The molecule has 3 fully saturated rings. The SMILES string of the molecule is NC1(C2CCC2)CC1C1CC1. The molecule has 0 heterocycles. The van der Waals surface area contributed by atoms with Crippen molar-refractivity contribution in [3.05, 3.63) is 0 Å². The van der Waals surface area contributed by atoms with E-state index in [-0.39, 0.29) is 0 Å². The summed E-state index contributed by atoms with van der Waals surface area (Å²) in [5.41, 5.74) is 6.68. The average molecular weight is 151 g/mol. The van der Waals surface area contributed by atoms with Crippen LogP contribution in [0.25, 0.3) is 0 Å². The van der Waals surface area contributed by atoms with Crippen LogP contribution in [0.2, 0.25) is 0 Å². The van der Waals surface area contributed by atoms with Gasteiger partial charge in [0.2, 0.25) is 0 Å². The first-order valence-electron chi connectivity index (χ1n) is 5.09. The first kappa shape index (κ1) is 6.47. The van der Waals surface area contributed by atoms with Gasteiger partial charge < -0.3 is 5.73 Å². The van der Waals surface area contributed by atoms with Gasteiger partial charge in [0.25, 0.3) is 0 Å². The Kier molecular flexibility index (Phi) is 1.07. The van der Waals surface area contributed by atoms with Gasteiger partial charge in [-0.3, -0.25) is 0 Å². The van der Waals surface area contributed by atoms with E-state index >= 15 is 0 Å². The molecule has 2 atom stereocenters. The Balaban J connectivity index is 1.67. The van der Waals surface area contributed by atoms with E-state index in [0.29, 0.717) is 5.54 Å².